The molecule has 0 aromatic heterocycles. The van der Waals surface area contributed by atoms with Gasteiger partial charge in [-0.05, 0) is 42.8 Å². The third-order valence-electron chi connectivity index (χ3n) is 3.27. The zero-order valence-electron chi connectivity index (χ0n) is 12.6. The number of aromatic carboxylic acids is 1. The van der Waals surface area contributed by atoms with Crippen LogP contribution >= 0.6 is 11.6 Å². The smallest absolute Gasteiger partial charge is 0.417 e. The van der Waals surface area contributed by atoms with Crippen molar-refractivity contribution in [3.8, 4) is 0 Å². The predicted octanol–water partition coefficient (Wildman–Crippen LogP) is 4.17. The highest BCUT2D eigenvalue weighted by atomic mass is 35.5. The number of nitrogens with one attached hydrogen (secondary N) is 1. The van der Waals surface area contributed by atoms with Crippen LogP contribution in [0, 0.1) is 6.92 Å². The first kappa shape index (κ1) is 19.1. The Morgan fingerprint density at radius 1 is 1.16 bits per heavy atom. The summed E-state index contributed by atoms with van der Waals surface area (Å²) >= 11 is 5.48. The van der Waals surface area contributed by atoms with E-state index in [4.69, 9.17) is 16.7 Å². The van der Waals surface area contributed by atoms with Crippen LogP contribution in [0.25, 0.3) is 0 Å². The number of halogens is 4. The highest BCUT2D eigenvalue weighted by molar-refractivity contribution is 7.92. The van der Waals surface area contributed by atoms with Gasteiger partial charge in [-0.3, -0.25) is 4.72 Å². The van der Waals surface area contributed by atoms with E-state index in [1.807, 2.05) is 4.72 Å². The maximum absolute atomic E-state index is 12.8. The molecule has 5 nitrogen and oxygen atoms in total. The number of rotatable bonds is 4. The fourth-order valence-corrected chi connectivity index (χ4v) is 3.32. The van der Waals surface area contributed by atoms with Crippen LogP contribution < -0.4 is 4.72 Å². The maximum Gasteiger partial charge on any atom is 0.417 e. The van der Waals surface area contributed by atoms with Crippen molar-refractivity contribution in [1.82, 2.24) is 0 Å². The minimum Gasteiger partial charge on any atom is -0.478 e. The van der Waals surface area contributed by atoms with E-state index in [-0.39, 0.29) is 16.1 Å². The summed E-state index contributed by atoms with van der Waals surface area (Å²) in [5.41, 5.74) is -1.43. The van der Waals surface area contributed by atoms with Gasteiger partial charge >= 0.3 is 12.1 Å². The number of carboxylic acid groups (broad SMARTS) is 1. The van der Waals surface area contributed by atoms with Gasteiger partial charge in [-0.25, -0.2) is 13.2 Å². The first-order chi connectivity index (χ1) is 11.4. The topological polar surface area (TPSA) is 83.5 Å². The van der Waals surface area contributed by atoms with Gasteiger partial charge in [0.15, 0.2) is 0 Å². The van der Waals surface area contributed by atoms with Crippen LogP contribution in [0.5, 0.6) is 0 Å². The lowest BCUT2D eigenvalue weighted by Gasteiger charge is -2.13. The highest BCUT2D eigenvalue weighted by Gasteiger charge is 2.33. The Balaban J connectivity index is 2.43. The molecular weight excluding hydrogens is 383 g/mol. The molecule has 2 aromatic rings. The zero-order valence-corrected chi connectivity index (χ0v) is 14.1. The maximum atomic E-state index is 12.8. The van der Waals surface area contributed by atoms with Crippen molar-refractivity contribution < 1.29 is 31.5 Å². The number of sulfonamides is 1. The van der Waals surface area contributed by atoms with Gasteiger partial charge in [-0.15, -0.1) is 0 Å². The van der Waals surface area contributed by atoms with Crippen LogP contribution in [0.2, 0.25) is 5.02 Å². The fourth-order valence-electron chi connectivity index (χ4n) is 2.02. The summed E-state index contributed by atoms with van der Waals surface area (Å²) in [5.74, 6) is -1.32. The Morgan fingerprint density at radius 3 is 2.36 bits per heavy atom. The van der Waals surface area contributed by atoms with E-state index in [1.54, 1.807) is 0 Å². The molecule has 0 heterocycles. The molecule has 0 aliphatic heterocycles. The SMILES string of the molecule is Cc1ccc(S(=O)(=O)Nc2ccc(Cl)c(C(F)(F)F)c2)cc1C(=O)O. The summed E-state index contributed by atoms with van der Waals surface area (Å²) in [6.07, 6.45) is -4.75. The Morgan fingerprint density at radius 2 is 1.80 bits per heavy atom. The number of hydrogen-bond donors (Lipinski definition) is 2. The second kappa shape index (κ2) is 6.57. The molecule has 2 rings (SSSR count). The fraction of sp³-hybridized carbons (Fsp3) is 0.133. The molecular formula is C15H11ClF3NO4S. The quantitative estimate of drug-likeness (QED) is 0.816. The molecule has 0 spiro atoms. The van der Waals surface area contributed by atoms with Crippen LogP contribution in [-0.2, 0) is 16.2 Å². The molecule has 0 radical (unpaired) electrons. The average molecular weight is 394 g/mol. The lowest BCUT2D eigenvalue weighted by molar-refractivity contribution is -0.137. The van der Waals surface area contributed by atoms with Gasteiger partial charge in [0.1, 0.15) is 0 Å². The van der Waals surface area contributed by atoms with Gasteiger partial charge < -0.3 is 5.11 Å². The third kappa shape index (κ3) is 4.23. The van der Waals surface area contributed by atoms with E-state index >= 15 is 0 Å². The molecule has 134 valence electrons. The Labute approximate surface area is 146 Å². The molecule has 0 saturated heterocycles. The minimum absolute atomic E-state index is 0.227. The van der Waals surface area contributed by atoms with Crippen LogP contribution in [0.3, 0.4) is 0 Å². The van der Waals surface area contributed by atoms with E-state index in [9.17, 15) is 26.4 Å². The number of hydrogen-bond acceptors (Lipinski definition) is 3. The van der Waals surface area contributed by atoms with Gasteiger partial charge in [0.2, 0.25) is 0 Å². The van der Waals surface area contributed by atoms with Crippen molar-refractivity contribution in [3.63, 3.8) is 0 Å². The molecule has 2 N–H and O–H groups in total. The van der Waals surface area contributed by atoms with Gasteiger partial charge in [0.25, 0.3) is 10.0 Å². The summed E-state index contributed by atoms with van der Waals surface area (Å²) in [6.45, 7) is 1.49. The lowest BCUT2D eigenvalue weighted by Crippen LogP contribution is -2.15. The van der Waals surface area contributed by atoms with Crippen molar-refractivity contribution in [2.45, 2.75) is 18.0 Å². The first-order valence-electron chi connectivity index (χ1n) is 6.65. The summed E-state index contributed by atoms with van der Waals surface area (Å²) < 4.78 is 65.1. The van der Waals surface area contributed by atoms with Crippen molar-refractivity contribution in [3.05, 3.63) is 58.1 Å². The van der Waals surface area contributed by atoms with Gasteiger partial charge in [0, 0.05) is 5.69 Å². The largest absolute Gasteiger partial charge is 0.478 e. The molecule has 0 bridgehead atoms. The van der Waals surface area contributed by atoms with Crippen molar-refractivity contribution in [2.75, 3.05) is 4.72 Å². The lowest BCUT2D eigenvalue weighted by atomic mass is 10.1. The van der Waals surface area contributed by atoms with Crippen LogP contribution in [0.4, 0.5) is 18.9 Å². The first-order valence-corrected chi connectivity index (χ1v) is 8.51. The molecule has 0 amide bonds. The van der Waals surface area contributed by atoms with Crippen LogP contribution in [0.1, 0.15) is 21.5 Å². The van der Waals surface area contributed by atoms with Gasteiger partial charge in [0.05, 0.1) is 21.0 Å². The number of carboxylic acids is 1. The molecule has 2 aromatic carbocycles. The molecule has 0 fully saturated rings. The van der Waals surface area contributed by atoms with Crippen LogP contribution in [0.15, 0.2) is 41.3 Å². The van der Waals surface area contributed by atoms with Crippen molar-refractivity contribution in [2.24, 2.45) is 0 Å². The molecule has 0 aliphatic carbocycles. The Hall–Kier alpha value is -2.26. The van der Waals surface area contributed by atoms with Gasteiger partial charge in [-0.1, -0.05) is 17.7 Å². The number of benzene rings is 2. The average Bonchev–Trinajstić information content (AvgIpc) is 2.47. The minimum atomic E-state index is -4.75. The van der Waals surface area contributed by atoms with E-state index in [0.29, 0.717) is 11.6 Å². The van der Waals surface area contributed by atoms with E-state index in [1.165, 1.54) is 13.0 Å². The normalized spacial score (nSPS) is 12.0. The summed E-state index contributed by atoms with van der Waals surface area (Å²) in [6, 6.07) is 5.93. The summed E-state index contributed by atoms with van der Waals surface area (Å²) in [4.78, 5) is 10.7. The number of aryl methyl sites for hydroxylation is 1. The Bertz CT molecular complexity index is 942. The summed E-state index contributed by atoms with van der Waals surface area (Å²) in [7, 11) is -4.28. The van der Waals surface area contributed by atoms with E-state index in [0.717, 1.165) is 24.3 Å². The summed E-state index contributed by atoms with van der Waals surface area (Å²) in [5, 5.41) is 8.48. The number of carbonyl (C=O) groups is 1. The second-order valence-corrected chi connectivity index (χ2v) is 7.17. The Kier molecular flexibility index (Phi) is 5.01. The standard InChI is InChI=1S/C15H11ClF3NO4S/c1-8-2-4-10(7-11(8)14(21)22)25(23,24)20-9-3-5-13(16)12(6-9)15(17,18)19/h2-7,20H,1H3,(H,21,22). The second-order valence-electron chi connectivity index (χ2n) is 5.08. The molecule has 10 heteroatoms. The number of anilines is 1. The molecule has 0 saturated carbocycles. The van der Waals surface area contributed by atoms with Crippen molar-refractivity contribution in [1.29, 1.82) is 0 Å². The molecule has 0 aliphatic rings. The predicted molar refractivity (Wildman–Crippen MR) is 85.4 cm³/mol. The van der Waals surface area contributed by atoms with Crippen LogP contribution in [-0.4, -0.2) is 19.5 Å². The zero-order chi connectivity index (χ0) is 19.0. The third-order valence-corrected chi connectivity index (χ3v) is 4.98. The van der Waals surface area contributed by atoms with E-state index in [2.05, 4.69) is 0 Å². The monoisotopic (exact) mass is 393 g/mol. The number of alkyl halides is 3. The highest BCUT2D eigenvalue weighted by Crippen LogP contribution is 2.36. The van der Waals surface area contributed by atoms with Gasteiger partial charge in [-0.2, -0.15) is 13.2 Å². The molecule has 0 unspecified atom stereocenters. The van der Waals surface area contributed by atoms with Crippen molar-refractivity contribution >= 4 is 33.3 Å². The van der Waals surface area contributed by atoms with E-state index < -0.39 is 32.8 Å². The molecule has 25 heavy (non-hydrogen) atoms. The molecule has 0 atom stereocenters.